The molecule has 0 aliphatic carbocycles. The van der Waals surface area contributed by atoms with E-state index < -0.39 is 0 Å². The Morgan fingerprint density at radius 2 is 2.38 bits per heavy atom. The van der Waals surface area contributed by atoms with Crippen LogP contribution >= 0.6 is 0 Å². The van der Waals surface area contributed by atoms with Crippen molar-refractivity contribution in [3.8, 4) is 0 Å². The lowest BCUT2D eigenvalue weighted by Crippen LogP contribution is -2.12. The number of nitrogens with zero attached hydrogens (tertiary/aromatic N) is 1. The number of carbonyl (C=O) groups excluding carboxylic acids is 1. The SMILES string of the molecule is CCC(=O)C(C)Cc1cccnc1. The van der Waals surface area contributed by atoms with E-state index in [1.54, 1.807) is 6.20 Å². The smallest absolute Gasteiger partial charge is 0.135 e. The summed E-state index contributed by atoms with van der Waals surface area (Å²) in [4.78, 5) is 15.3. The molecule has 0 fully saturated rings. The molecule has 0 spiro atoms. The Hall–Kier alpha value is -1.18. The molecule has 1 aromatic heterocycles. The standard InChI is InChI=1S/C11H15NO/c1-3-11(13)9(2)7-10-5-4-6-12-8-10/h4-6,8-9H,3,7H2,1-2H3. The van der Waals surface area contributed by atoms with Gasteiger partial charge in [-0.15, -0.1) is 0 Å². The topological polar surface area (TPSA) is 30.0 Å². The van der Waals surface area contributed by atoms with Crippen LogP contribution in [0.4, 0.5) is 0 Å². The van der Waals surface area contributed by atoms with E-state index >= 15 is 0 Å². The zero-order valence-electron chi connectivity index (χ0n) is 8.16. The summed E-state index contributed by atoms with van der Waals surface area (Å²) in [6.45, 7) is 3.88. The van der Waals surface area contributed by atoms with E-state index in [-0.39, 0.29) is 5.92 Å². The van der Waals surface area contributed by atoms with Crippen LogP contribution in [0, 0.1) is 5.92 Å². The van der Waals surface area contributed by atoms with Crippen LogP contribution < -0.4 is 0 Å². The summed E-state index contributed by atoms with van der Waals surface area (Å²) in [5.41, 5.74) is 1.14. The molecule has 0 aliphatic rings. The Morgan fingerprint density at radius 3 is 2.92 bits per heavy atom. The molecule has 0 aromatic carbocycles. The van der Waals surface area contributed by atoms with Gasteiger partial charge in [-0.1, -0.05) is 19.9 Å². The maximum absolute atomic E-state index is 11.3. The molecule has 0 N–H and O–H groups in total. The average Bonchev–Trinajstić information content (AvgIpc) is 2.18. The van der Waals surface area contributed by atoms with E-state index in [1.807, 2.05) is 32.2 Å². The van der Waals surface area contributed by atoms with Gasteiger partial charge in [0.05, 0.1) is 0 Å². The van der Waals surface area contributed by atoms with Crippen LogP contribution in [-0.4, -0.2) is 10.8 Å². The number of aromatic nitrogens is 1. The summed E-state index contributed by atoms with van der Waals surface area (Å²) >= 11 is 0. The third kappa shape index (κ3) is 2.98. The Kier molecular flexibility index (Phi) is 3.62. The van der Waals surface area contributed by atoms with Crippen molar-refractivity contribution in [2.45, 2.75) is 26.7 Å². The van der Waals surface area contributed by atoms with Crippen molar-refractivity contribution >= 4 is 5.78 Å². The van der Waals surface area contributed by atoms with Gasteiger partial charge in [0.15, 0.2) is 0 Å². The highest BCUT2D eigenvalue weighted by molar-refractivity contribution is 5.80. The van der Waals surface area contributed by atoms with Crippen LogP contribution in [0.25, 0.3) is 0 Å². The van der Waals surface area contributed by atoms with Crippen molar-refractivity contribution < 1.29 is 4.79 Å². The molecule has 0 saturated heterocycles. The average molecular weight is 177 g/mol. The van der Waals surface area contributed by atoms with Crippen LogP contribution in [-0.2, 0) is 11.2 Å². The molecule has 70 valence electrons. The lowest BCUT2D eigenvalue weighted by molar-refractivity contribution is -0.122. The molecule has 1 rings (SSSR count). The Bertz CT molecular complexity index is 269. The number of hydrogen-bond donors (Lipinski definition) is 0. The van der Waals surface area contributed by atoms with Crippen molar-refractivity contribution in [3.05, 3.63) is 30.1 Å². The molecule has 2 nitrogen and oxygen atoms in total. The summed E-state index contributed by atoms with van der Waals surface area (Å²) in [6, 6.07) is 3.91. The first kappa shape index (κ1) is 9.90. The van der Waals surface area contributed by atoms with Gasteiger partial charge in [0.25, 0.3) is 0 Å². The summed E-state index contributed by atoms with van der Waals surface area (Å²) in [5, 5.41) is 0. The van der Waals surface area contributed by atoms with Gasteiger partial charge in [-0.2, -0.15) is 0 Å². The lowest BCUT2D eigenvalue weighted by atomic mass is 9.97. The number of pyridine rings is 1. The quantitative estimate of drug-likeness (QED) is 0.706. The highest BCUT2D eigenvalue weighted by Gasteiger charge is 2.10. The van der Waals surface area contributed by atoms with Crippen LogP contribution in [0.3, 0.4) is 0 Å². The maximum Gasteiger partial charge on any atom is 0.135 e. The minimum Gasteiger partial charge on any atom is -0.299 e. The third-order valence-corrected chi connectivity index (χ3v) is 2.16. The second-order valence-corrected chi connectivity index (χ2v) is 3.29. The predicted molar refractivity (Wildman–Crippen MR) is 52.4 cm³/mol. The van der Waals surface area contributed by atoms with Crippen LogP contribution in [0.2, 0.25) is 0 Å². The number of Topliss-reactive ketones (excluding diaryl/α,β-unsaturated/α-hetero) is 1. The molecule has 2 heteroatoms. The van der Waals surface area contributed by atoms with Crippen LogP contribution in [0.1, 0.15) is 25.8 Å². The Morgan fingerprint density at radius 1 is 1.62 bits per heavy atom. The summed E-state index contributed by atoms with van der Waals surface area (Å²) < 4.78 is 0. The molecule has 0 bridgehead atoms. The van der Waals surface area contributed by atoms with E-state index in [0.717, 1.165) is 12.0 Å². The second kappa shape index (κ2) is 4.75. The van der Waals surface area contributed by atoms with Crippen molar-refractivity contribution in [3.63, 3.8) is 0 Å². The first-order valence-corrected chi connectivity index (χ1v) is 4.65. The molecule has 0 amide bonds. The molecule has 1 unspecified atom stereocenters. The van der Waals surface area contributed by atoms with Crippen molar-refractivity contribution in [1.29, 1.82) is 0 Å². The fraction of sp³-hybridized carbons (Fsp3) is 0.455. The summed E-state index contributed by atoms with van der Waals surface area (Å²) in [6.07, 6.45) is 5.00. The highest BCUT2D eigenvalue weighted by atomic mass is 16.1. The largest absolute Gasteiger partial charge is 0.299 e. The maximum atomic E-state index is 11.3. The third-order valence-electron chi connectivity index (χ3n) is 2.16. The van der Waals surface area contributed by atoms with Gasteiger partial charge >= 0.3 is 0 Å². The number of carbonyl (C=O) groups is 1. The summed E-state index contributed by atoms with van der Waals surface area (Å²) in [7, 11) is 0. The van der Waals surface area contributed by atoms with Gasteiger partial charge < -0.3 is 0 Å². The first-order chi connectivity index (χ1) is 6.24. The molecular weight excluding hydrogens is 162 g/mol. The Balaban J connectivity index is 2.55. The van der Waals surface area contributed by atoms with Crippen molar-refractivity contribution in [2.75, 3.05) is 0 Å². The molecular formula is C11H15NO. The lowest BCUT2D eigenvalue weighted by Gasteiger charge is -2.07. The molecule has 0 saturated carbocycles. The molecule has 0 aliphatic heterocycles. The zero-order chi connectivity index (χ0) is 9.68. The normalized spacial score (nSPS) is 12.5. The minimum atomic E-state index is 0.120. The molecule has 1 aromatic rings. The van der Waals surface area contributed by atoms with Crippen LogP contribution in [0.5, 0.6) is 0 Å². The van der Waals surface area contributed by atoms with Gasteiger partial charge in [-0.3, -0.25) is 9.78 Å². The first-order valence-electron chi connectivity index (χ1n) is 4.65. The number of rotatable bonds is 4. The highest BCUT2D eigenvalue weighted by Crippen LogP contribution is 2.09. The Labute approximate surface area is 79.0 Å². The van der Waals surface area contributed by atoms with E-state index in [4.69, 9.17) is 0 Å². The fourth-order valence-corrected chi connectivity index (χ4v) is 1.33. The van der Waals surface area contributed by atoms with Gasteiger partial charge in [-0.25, -0.2) is 0 Å². The van der Waals surface area contributed by atoms with E-state index in [1.165, 1.54) is 0 Å². The molecule has 13 heavy (non-hydrogen) atoms. The van der Waals surface area contributed by atoms with E-state index in [9.17, 15) is 4.79 Å². The van der Waals surface area contributed by atoms with Gasteiger partial charge in [0.1, 0.15) is 5.78 Å². The second-order valence-electron chi connectivity index (χ2n) is 3.29. The molecule has 0 radical (unpaired) electrons. The van der Waals surface area contributed by atoms with Crippen molar-refractivity contribution in [2.24, 2.45) is 5.92 Å². The molecule has 1 heterocycles. The van der Waals surface area contributed by atoms with Gasteiger partial charge in [-0.05, 0) is 18.1 Å². The zero-order valence-corrected chi connectivity index (χ0v) is 8.16. The monoisotopic (exact) mass is 177 g/mol. The van der Waals surface area contributed by atoms with Crippen molar-refractivity contribution in [1.82, 2.24) is 4.98 Å². The van der Waals surface area contributed by atoms with E-state index in [0.29, 0.717) is 12.2 Å². The number of ketones is 1. The number of hydrogen-bond acceptors (Lipinski definition) is 2. The summed E-state index contributed by atoms with van der Waals surface area (Å²) in [5.74, 6) is 0.443. The minimum absolute atomic E-state index is 0.120. The van der Waals surface area contributed by atoms with Gasteiger partial charge in [0.2, 0.25) is 0 Å². The van der Waals surface area contributed by atoms with E-state index in [2.05, 4.69) is 4.98 Å². The fourth-order valence-electron chi connectivity index (χ4n) is 1.33. The van der Waals surface area contributed by atoms with Gasteiger partial charge in [0, 0.05) is 24.7 Å². The predicted octanol–water partition coefficient (Wildman–Crippen LogP) is 2.24. The molecule has 1 atom stereocenters. The van der Waals surface area contributed by atoms with Crippen LogP contribution in [0.15, 0.2) is 24.5 Å².